The van der Waals surface area contributed by atoms with Gasteiger partial charge in [-0.25, -0.2) is 0 Å². The van der Waals surface area contributed by atoms with Crippen molar-refractivity contribution < 1.29 is 0 Å². The predicted molar refractivity (Wildman–Crippen MR) is 40.9 cm³/mol. The van der Waals surface area contributed by atoms with Crippen LogP contribution < -0.4 is 0 Å². The first-order chi connectivity index (χ1) is 4.29. The zero-order valence-electron chi connectivity index (χ0n) is 6.09. The van der Waals surface area contributed by atoms with Crippen LogP contribution in [-0.2, 0) is 0 Å². The molecule has 0 bridgehead atoms. The molecule has 0 N–H and O–H groups in total. The van der Waals surface area contributed by atoms with Gasteiger partial charge < -0.3 is 0 Å². The van der Waals surface area contributed by atoms with E-state index in [1.165, 1.54) is 12.1 Å². The second kappa shape index (κ2) is 2.81. The van der Waals surface area contributed by atoms with Gasteiger partial charge in [-0.3, -0.25) is 4.99 Å². The van der Waals surface area contributed by atoms with Crippen LogP contribution in [0.1, 0.15) is 20.3 Å². The average Bonchev–Trinajstić information content (AvgIpc) is 1.97. The molecular formula is C8H13N. The monoisotopic (exact) mass is 123 g/mol. The summed E-state index contributed by atoms with van der Waals surface area (Å²) in [5.74, 6) is 0.735. The summed E-state index contributed by atoms with van der Waals surface area (Å²) >= 11 is 0. The van der Waals surface area contributed by atoms with Crippen LogP contribution in [0.3, 0.4) is 0 Å². The van der Waals surface area contributed by atoms with E-state index in [-0.39, 0.29) is 0 Å². The number of allylic oxidation sites excluding steroid dienone is 2. The number of aliphatic imine (C=N–C) groups is 1. The molecule has 0 aromatic carbocycles. The van der Waals surface area contributed by atoms with Gasteiger partial charge in [-0.15, -0.1) is 0 Å². The molecule has 9 heavy (non-hydrogen) atoms. The van der Waals surface area contributed by atoms with Crippen LogP contribution in [0, 0.1) is 5.92 Å². The number of hydrogen-bond acceptors (Lipinski definition) is 1. The van der Waals surface area contributed by atoms with Crippen LogP contribution >= 0.6 is 0 Å². The highest BCUT2D eigenvalue weighted by atomic mass is 14.7. The topological polar surface area (TPSA) is 12.4 Å². The van der Waals surface area contributed by atoms with Crippen LogP contribution in [0.4, 0.5) is 0 Å². The van der Waals surface area contributed by atoms with Crippen molar-refractivity contribution in [3.05, 3.63) is 12.2 Å². The van der Waals surface area contributed by atoms with E-state index < -0.39 is 0 Å². The van der Waals surface area contributed by atoms with Crippen molar-refractivity contribution in [1.29, 1.82) is 0 Å². The van der Waals surface area contributed by atoms with Gasteiger partial charge in [0.2, 0.25) is 0 Å². The third-order valence-corrected chi connectivity index (χ3v) is 1.55. The van der Waals surface area contributed by atoms with Gasteiger partial charge in [-0.1, -0.05) is 13.0 Å². The maximum absolute atomic E-state index is 4.33. The molecule has 1 nitrogen and oxygen atoms in total. The van der Waals surface area contributed by atoms with E-state index in [1.54, 1.807) is 0 Å². The molecule has 0 aliphatic carbocycles. The molecule has 0 aromatic rings. The SMILES string of the molecule is CC1=NCC(C)CC=C1. The Morgan fingerprint density at radius 1 is 1.67 bits per heavy atom. The standard InChI is InChI=1S/C8H13N/c1-7-4-3-5-8(2)9-6-7/h3,5,7H,4,6H2,1-2H3. The molecule has 1 aliphatic rings. The summed E-state index contributed by atoms with van der Waals surface area (Å²) in [5.41, 5.74) is 1.17. The van der Waals surface area contributed by atoms with Crippen molar-refractivity contribution in [1.82, 2.24) is 0 Å². The molecule has 0 spiro atoms. The zero-order valence-corrected chi connectivity index (χ0v) is 6.09. The minimum atomic E-state index is 0.735. The van der Waals surface area contributed by atoms with Gasteiger partial charge in [0.15, 0.2) is 0 Å². The Hall–Kier alpha value is -0.590. The maximum Gasteiger partial charge on any atom is 0.0421 e. The molecule has 1 heteroatoms. The van der Waals surface area contributed by atoms with Crippen LogP contribution in [0.5, 0.6) is 0 Å². The summed E-state index contributed by atoms with van der Waals surface area (Å²) < 4.78 is 0. The Morgan fingerprint density at radius 2 is 2.44 bits per heavy atom. The van der Waals surface area contributed by atoms with Gasteiger partial charge >= 0.3 is 0 Å². The van der Waals surface area contributed by atoms with Crippen molar-refractivity contribution in [2.24, 2.45) is 10.9 Å². The second-order valence-electron chi connectivity index (χ2n) is 2.73. The molecule has 1 heterocycles. The smallest absolute Gasteiger partial charge is 0.0421 e. The molecular weight excluding hydrogens is 110 g/mol. The summed E-state index contributed by atoms with van der Waals surface area (Å²) in [5, 5.41) is 0. The van der Waals surface area contributed by atoms with Crippen molar-refractivity contribution in [2.45, 2.75) is 20.3 Å². The molecule has 0 radical (unpaired) electrons. The molecule has 1 rings (SSSR count). The van der Waals surface area contributed by atoms with Gasteiger partial charge in [0, 0.05) is 12.3 Å². The van der Waals surface area contributed by atoms with Gasteiger partial charge in [0.05, 0.1) is 0 Å². The van der Waals surface area contributed by atoms with E-state index in [0.717, 1.165) is 12.5 Å². The normalized spacial score (nSPS) is 27.3. The Morgan fingerprint density at radius 3 is 3.22 bits per heavy atom. The zero-order chi connectivity index (χ0) is 6.69. The molecule has 50 valence electrons. The fourth-order valence-electron chi connectivity index (χ4n) is 0.898. The van der Waals surface area contributed by atoms with Crippen molar-refractivity contribution in [3.8, 4) is 0 Å². The van der Waals surface area contributed by atoms with Crippen LogP contribution in [0.25, 0.3) is 0 Å². The fraction of sp³-hybridized carbons (Fsp3) is 0.625. The summed E-state index contributed by atoms with van der Waals surface area (Å²) in [6, 6.07) is 0. The molecule has 1 unspecified atom stereocenters. The maximum atomic E-state index is 4.33. The summed E-state index contributed by atoms with van der Waals surface area (Å²) in [6.45, 7) is 5.28. The summed E-state index contributed by atoms with van der Waals surface area (Å²) in [6.07, 6.45) is 5.49. The number of nitrogens with zero attached hydrogens (tertiary/aromatic N) is 1. The van der Waals surface area contributed by atoms with E-state index in [2.05, 4.69) is 31.0 Å². The minimum Gasteiger partial charge on any atom is -0.290 e. The lowest BCUT2D eigenvalue weighted by molar-refractivity contribution is 0.611. The summed E-state index contributed by atoms with van der Waals surface area (Å²) in [4.78, 5) is 4.33. The van der Waals surface area contributed by atoms with Gasteiger partial charge in [-0.05, 0) is 25.3 Å². The molecule has 0 amide bonds. The lowest BCUT2D eigenvalue weighted by Gasteiger charge is -1.99. The van der Waals surface area contributed by atoms with Crippen LogP contribution in [0.15, 0.2) is 17.1 Å². The van der Waals surface area contributed by atoms with E-state index >= 15 is 0 Å². The Kier molecular flexibility index (Phi) is 2.04. The first-order valence-corrected chi connectivity index (χ1v) is 3.46. The molecule has 0 saturated carbocycles. The molecule has 0 aromatic heterocycles. The highest BCUT2D eigenvalue weighted by Crippen LogP contribution is 2.06. The quantitative estimate of drug-likeness (QED) is 0.467. The van der Waals surface area contributed by atoms with Crippen LogP contribution in [0.2, 0.25) is 0 Å². The first kappa shape index (κ1) is 6.53. The van der Waals surface area contributed by atoms with Gasteiger partial charge in [0.1, 0.15) is 0 Å². The second-order valence-corrected chi connectivity index (χ2v) is 2.73. The van der Waals surface area contributed by atoms with Gasteiger partial charge in [0.25, 0.3) is 0 Å². The molecule has 0 saturated heterocycles. The fourth-order valence-corrected chi connectivity index (χ4v) is 0.898. The number of hydrogen-bond donors (Lipinski definition) is 0. The minimum absolute atomic E-state index is 0.735. The Balaban J connectivity index is 2.58. The summed E-state index contributed by atoms with van der Waals surface area (Å²) in [7, 11) is 0. The van der Waals surface area contributed by atoms with Gasteiger partial charge in [-0.2, -0.15) is 0 Å². The molecule has 1 aliphatic heterocycles. The third kappa shape index (κ3) is 2.00. The van der Waals surface area contributed by atoms with Crippen molar-refractivity contribution in [3.63, 3.8) is 0 Å². The van der Waals surface area contributed by atoms with Crippen molar-refractivity contribution >= 4 is 5.71 Å². The highest BCUT2D eigenvalue weighted by molar-refractivity contribution is 5.92. The Labute approximate surface area is 56.5 Å². The average molecular weight is 123 g/mol. The van der Waals surface area contributed by atoms with E-state index in [9.17, 15) is 0 Å². The third-order valence-electron chi connectivity index (χ3n) is 1.55. The first-order valence-electron chi connectivity index (χ1n) is 3.46. The van der Waals surface area contributed by atoms with E-state index in [1.807, 2.05) is 0 Å². The highest BCUT2D eigenvalue weighted by Gasteiger charge is 2.00. The van der Waals surface area contributed by atoms with Crippen LogP contribution in [-0.4, -0.2) is 12.3 Å². The predicted octanol–water partition coefficient (Wildman–Crippen LogP) is 2.04. The lowest BCUT2D eigenvalue weighted by atomic mass is 10.1. The number of rotatable bonds is 0. The van der Waals surface area contributed by atoms with Crippen molar-refractivity contribution in [2.75, 3.05) is 6.54 Å². The van der Waals surface area contributed by atoms with E-state index in [4.69, 9.17) is 0 Å². The largest absolute Gasteiger partial charge is 0.290 e. The van der Waals surface area contributed by atoms with E-state index in [0.29, 0.717) is 0 Å². The molecule has 1 atom stereocenters. The Bertz CT molecular complexity index is 145. The molecule has 0 fully saturated rings. The lowest BCUT2D eigenvalue weighted by Crippen LogP contribution is -1.95.